The molecule has 0 bridgehead atoms. The summed E-state index contributed by atoms with van der Waals surface area (Å²) in [6, 6.07) is 0.562. The highest BCUT2D eigenvalue weighted by Crippen LogP contribution is 2.36. The van der Waals surface area contributed by atoms with Crippen LogP contribution in [0.5, 0.6) is 0 Å². The van der Waals surface area contributed by atoms with Gasteiger partial charge in [0.1, 0.15) is 0 Å². The molecule has 0 radical (unpaired) electrons. The Kier molecular flexibility index (Phi) is 4.59. The fraction of sp³-hybridized carbons (Fsp3) is 0.900. The normalized spacial score (nSPS) is 15.6. The van der Waals surface area contributed by atoms with E-state index in [0.717, 1.165) is 23.8 Å². The van der Waals surface area contributed by atoms with Gasteiger partial charge in [0, 0.05) is 12.4 Å². The molecule has 1 aromatic heterocycles. The Morgan fingerprint density at radius 2 is 2.06 bits per heavy atom. The van der Waals surface area contributed by atoms with Gasteiger partial charge in [-0.25, -0.2) is 4.68 Å². The van der Waals surface area contributed by atoms with Gasteiger partial charge in [-0.2, -0.15) is 0 Å². The highest BCUT2D eigenvalue weighted by molar-refractivity contribution is 7.99. The summed E-state index contributed by atoms with van der Waals surface area (Å²) in [5.41, 5.74) is 0. The van der Waals surface area contributed by atoms with Gasteiger partial charge < -0.3 is 5.11 Å². The average molecular weight is 242 g/mol. The standard InChI is InChI=1S/C10H18N4OS/c15-7-3-1-2-4-8-16-10-11-12-13-14(10)9-5-6-9/h9,15H,1-8H2. The van der Waals surface area contributed by atoms with Gasteiger partial charge in [-0.1, -0.05) is 24.6 Å². The molecule has 90 valence electrons. The van der Waals surface area contributed by atoms with E-state index in [4.69, 9.17) is 5.11 Å². The van der Waals surface area contributed by atoms with Crippen molar-refractivity contribution in [3.05, 3.63) is 0 Å². The third-order valence-corrected chi connectivity index (χ3v) is 3.66. The van der Waals surface area contributed by atoms with Crippen molar-refractivity contribution in [2.75, 3.05) is 12.4 Å². The van der Waals surface area contributed by atoms with Crippen molar-refractivity contribution >= 4 is 11.8 Å². The van der Waals surface area contributed by atoms with Crippen LogP contribution >= 0.6 is 11.8 Å². The maximum Gasteiger partial charge on any atom is 0.209 e. The van der Waals surface area contributed by atoms with E-state index in [2.05, 4.69) is 15.5 Å². The topological polar surface area (TPSA) is 63.8 Å². The fourth-order valence-electron chi connectivity index (χ4n) is 1.56. The second-order valence-electron chi connectivity index (χ2n) is 4.12. The monoisotopic (exact) mass is 242 g/mol. The molecule has 0 amide bonds. The summed E-state index contributed by atoms with van der Waals surface area (Å²) < 4.78 is 1.96. The average Bonchev–Trinajstić information content (AvgIpc) is 3.04. The van der Waals surface area contributed by atoms with E-state index in [1.807, 2.05) is 4.68 Å². The summed E-state index contributed by atoms with van der Waals surface area (Å²) in [5, 5.41) is 21.4. The SMILES string of the molecule is OCCCCCCSc1nnnn1C1CC1. The number of rotatable bonds is 8. The van der Waals surface area contributed by atoms with Crippen LogP contribution in [-0.2, 0) is 0 Å². The molecule has 2 rings (SSSR count). The minimum absolute atomic E-state index is 0.313. The molecule has 0 aliphatic heterocycles. The number of thioether (sulfide) groups is 1. The van der Waals surface area contributed by atoms with Crippen LogP contribution < -0.4 is 0 Å². The molecule has 1 fully saturated rings. The van der Waals surface area contributed by atoms with E-state index in [9.17, 15) is 0 Å². The number of tetrazole rings is 1. The van der Waals surface area contributed by atoms with Gasteiger partial charge in [0.2, 0.25) is 5.16 Å². The molecule has 1 aromatic rings. The van der Waals surface area contributed by atoms with Crippen LogP contribution in [0.2, 0.25) is 0 Å². The Morgan fingerprint density at radius 3 is 2.81 bits per heavy atom. The molecule has 0 spiro atoms. The van der Waals surface area contributed by atoms with Crippen LogP contribution in [-0.4, -0.2) is 37.7 Å². The van der Waals surface area contributed by atoms with Crippen molar-refractivity contribution in [2.24, 2.45) is 0 Å². The maximum atomic E-state index is 8.64. The molecule has 1 aliphatic carbocycles. The van der Waals surface area contributed by atoms with Crippen molar-refractivity contribution in [1.29, 1.82) is 0 Å². The number of aliphatic hydroxyl groups excluding tert-OH is 1. The van der Waals surface area contributed by atoms with Gasteiger partial charge in [-0.05, 0) is 36.1 Å². The predicted octanol–water partition coefficient (Wildman–Crippen LogP) is 1.65. The molecule has 1 saturated carbocycles. The summed E-state index contributed by atoms with van der Waals surface area (Å²) in [6.45, 7) is 0.313. The Hall–Kier alpha value is -0.620. The minimum atomic E-state index is 0.313. The van der Waals surface area contributed by atoms with Crippen LogP contribution in [0.15, 0.2) is 5.16 Å². The van der Waals surface area contributed by atoms with Crippen LogP contribution in [0.1, 0.15) is 44.6 Å². The van der Waals surface area contributed by atoms with Gasteiger partial charge in [-0.3, -0.25) is 0 Å². The minimum Gasteiger partial charge on any atom is -0.396 e. The van der Waals surface area contributed by atoms with Crippen molar-refractivity contribution in [3.63, 3.8) is 0 Å². The first-order valence-electron chi connectivity index (χ1n) is 5.93. The van der Waals surface area contributed by atoms with E-state index in [0.29, 0.717) is 12.6 Å². The van der Waals surface area contributed by atoms with E-state index >= 15 is 0 Å². The summed E-state index contributed by atoms with van der Waals surface area (Å²) in [5.74, 6) is 1.07. The predicted molar refractivity (Wildman–Crippen MR) is 62.4 cm³/mol. The maximum absolute atomic E-state index is 8.64. The largest absolute Gasteiger partial charge is 0.396 e. The van der Waals surface area contributed by atoms with Gasteiger partial charge >= 0.3 is 0 Å². The number of nitrogens with zero attached hydrogens (tertiary/aromatic N) is 4. The zero-order valence-electron chi connectivity index (χ0n) is 9.38. The Bertz CT molecular complexity index is 314. The van der Waals surface area contributed by atoms with Gasteiger partial charge in [0.15, 0.2) is 0 Å². The zero-order valence-corrected chi connectivity index (χ0v) is 10.2. The lowest BCUT2D eigenvalue weighted by atomic mass is 10.2. The van der Waals surface area contributed by atoms with Gasteiger partial charge in [0.25, 0.3) is 0 Å². The molecule has 0 aromatic carbocycles. The van der Waals surface area contributed by atoms with Crippen molar-refractivity contribution in [2.45, 2.75) is 49.7 Å². The van der Waals surface area contributed by atoms with Crippen molar-refractivity contribution < 1.29 is 5.11 Å². The first kappa shape index (κ1) is 11.9. The molecule has 16 heavy (non-hydrogen) atoms. The molecule has 0 unspecified atom stereocenters. The lowest BCUT2D eigenvalue weighted by molar-refractivity contribution is 0.283. The first-order chi connectivity index (χ1) is 7.92. The molecule has 1 heterocycles. The highest BCUT2D eigenvalue weighted by Gasteiger charge is 2.27. The van der Waals surface area contributed by atoms with E-state index in [-0.39, 0.29) is 0 Å². The molecule has 1 N–H and O–H groups in total. The van der Waals surface area contributed by atoms with Crippen molar-refractivity contribution in [3.8, 4) is 0 Å². The quantitative estimate of drug-likeness (QED) is 0.555. The second kappa shape index (κ2) is 6.20. The summed E-state index contributed by atoms with van der Waals surface area (Å²) in [4.78, 5) is 0. The molecule has 5 nitrogen and oxygen atoms in total. The smallest absolute Gasteiger partial charge is 0.209 e. The highest BCUT2D eigenvalue weighted by atomic mass is 32.2. The molecule has 0 atom stereocenters. The van der Waals surface area contributed by atoms with Gasteiger partial charge in [0.05, 0.1) is 6.04 Å². The Balaban J connectivity index is 1.63. The number of hydrogen-bond donors (Lipinski definition) is 1. The number of hydrogen-bond acceptors (Lipinski definition) is 5. The van der Waals surface area contributed by atoms with Crippen LogP contribution in [0.25, 0.3) is 0 Å². The molecule has 1 aliphatic rings. The summed E-state index contributed by atoms with van der Waals surface area (Å²) in [6.07, 6.45) is 6.82. The third kappa shape index (κ3) is 3.45. The lowest BCUT2D eigenvalue weighted by Gasteiger charge is -2.01. The summed E-state index contributed by atoms with van der Waals surface area (Å²) in [7, 11) is 0. The van der Waals surface area contributed by atoms with Crippen LogP contribution in [0.3, 0.4) is 0 Å². The number of aromatic nitrogens is 4. The van der Waals surface area contributed by atoms with E-state index in [1.54, 1.807) is 11.8 Å². The Morgan fingerprint density at radius 1 is 1.25 bits per heavy atom. The first-order valence-corrected chi connectivity index (χ1v) is 6.92. The molecule has 6 heteroatoms. The van der Waals surface area contributed by atoms with Crippen LogP contribution in [0, 0.1) is 0 Å². The van der Waals surface area contributed by atoms with Gasteiger partial charge in [-0.15, -0.1) is 5.10 Å². The fourth-order valence-corrected chi connectivity index (χ4v) is 2.50. The third-order valence-electron chi connectivity index (χ3n) is 2.64. The zero-order chi connectivity index (χ0) is 11.2. The molecule has 0 saturated heterocycles. The van der Waals surface area contributed by atoms with E-state index < -0.39 is 0 Å². The summed E-state index contributed by atoms with van der Waals surface area (Å²) >= 11 is 1.74. The molecular formula is C10H18N4OS. The molecular weight excluding hydrogens is 224 g/mol. The van der Waals surface area contributed by atoms with E-state index in [1.165, 1.54) is 25.7 Å². The van der Waals surface area contributed by atoms with Crippen molar-refractivity contribution in [1.82, 2.24) is 20.2 Å². The lowest BCUT2D eigenvalue weighted by Crippen LogP contribution is -1.99. The Labute approximate surface area is 99.6 Å². The number of unbranched alkanes of at least 4 members (excludes halogenated alkanes) is 3. The van der Waals surface area contributed by atoms with Crippen LogP contribution in [0.4, 0.5) is 0 Å². The number of aliphatic hydroxyl groups is 1. The second-order valence-corrected chi connectivity index (χ2v) is 5.19.